The highest BCUT2D eigenvalue weighted by Crippen LogP contribution is 2.31. The molecule has 1 aromatic carbocycles. The standard InChI is InChI=1S/C42H68N4O6/c1-7-46(30(4)5)23-15-14-20-37(38(48)21-22-40(43)50)45-42(52)35(26-33-18-12-9-13-19-33)28-39(49)31(6)44-41(51)34(27-36(47)24-29(2)3)25-32-16-10-8-11-17-32/h8,10-11,16-17,29-31,33-35,37H,7,9,12-15,18-28H2,1-6H3,(H2,43,50)(H,44,51)(H,45,52)/t31-,34?,35?,37-/m0/s1. The fraction of sp³-hybridized carbons (Fsp3) is 0.714. The quantitative estimate of drug-likeness (QED) is 0.0973. The number of hydrogen-bond donors (Lipinski definition) is 3. The van der Waals surface area contributed by atoms with Crippen LogP contribution in [0.5, 0.6) is 0 Å². The second-order valence-electron chi connectivity index (χ2n) is 15.8. The van der Waals surface area contributed by atoms with Crippen molar-refractivity contribution in [3.63, 3.8) is 0 Å². The number of carbonyl (C=O) groups is 6. The van der Waals surface area contributed by atoms with Crippen molar-refractivity contribution in [1.82, 2.24) is 15.5 Å². The molecule has 1 fully saturated rings. The molecule has 0 saturated heterocycles. The van der Waals surface area contributed by atoms with Crippen LogP contribution in [0.3, 0.4) is 0 Å². The van der Waals surface area contributed by atoms with Crippen molar-refractivity contribution < 1.29 is 28.8 Å². The van der Waals surface area contributed by atoms with E-state index in [-0.39, 0.29) is 60.8 Å². The zero-order valence-corrected chi connectivity index (χ0v) is 32.9. The number of nitrogens with zero attached hydrogens (tertiary/aromatic N) is 1. The second-order valence-corrected chi connectivity index (χ2v) is 15.8. The van der Waals surface area contributed by atoms with Crippen LogP contribution >= 0.6 is 0 Å². The summed E-state index contributed by atoms with van der Waals surface area (Å²) in [7, 11) is 0. The molecule has 1 aliphatic carbocycles. The van der Waals surface area contributed by atoms with Gasteiger partial charge in [-0.3, -0.25) is 28.8 Å². The molecule has 10 heteroatoms. The Morgan fingerprint density at radius 2 is 1.44 bits per heavy atom. The largest absolute Gasteiger partial charge is 0.370 e. The Hall–Kier alpha value is -3.40. The number of amides is 3. The molecule has 10 nitrogen and oxygen atoms in total. The van der Waals surface area contributed by atoms with Gasteiger partial charge in [0.1, 0.15) is 5.78 Å². The van der Waals surface area contributed by atoms with Crippen molar-refractivity contribution >= 4 is 35.1 Å². The van der Waals surface area contributed by atoms with Crippen LogP contribution in [0.1, 0.15) is 137 Å². The maximum Gasteiger partial charge on any atom is 0.224 e. The summed E-state index contributed by atoms with van der Waals surface area (Å²) in [6.45, 7) is 13.8. The third-order valence-electron chi connectivity index (χ3n) is 10.5. The van der Waals surface area contributed by atoms with E-state index in [1.165, 1.54) is 0 Å². The van der Waals surface area contributed by atoms with Crippen LogP contribution in [0.15, 0.2) is 30.3 Å². The molecule has 292 valence electrons. The lowest BCUT2D eigenvalue weighted by Crippen LogP contribution is -2.47. The topological polar surface area (TPSA) is 156 Å². The van der Waals surface area contributed by atoms with E-state index < -0.39 is 29.8 Å². The summed E-state index contributed by atoms with van der Waals surface area (Å²) in [5.74, 6) is -2.56. The third kappa shape index (κ3) is 17.4. The molecule has 4 N–H and O–H groups in total. The van der Waals surface area contributed by atoms with Gasteiger partial charge in [0.15, 0.2) is 11.6 Å². The van der Waals surface area contributed by atoms with Crippen LogP contribution in [0.4, 0.5) is 0 Å². The van der Waals surface area contributed by atoms with Crippen molar-refractivity contribution in [3.05, 3.63) is 35.9 Å². The summed E-state index contributed by atoms with van der Waals surface area (Å²) in [6, 6.07) is 8.31. The van der Waals surface area contributed by atoms with Crippen LogP contribution in [-0.4, -0.2) is 71.2 Å². The molecule has 0 aromatic heterocycles. The number of nitrogens with one attached hydrogen (secondary N) is 2. The first-order valence-corrected chi connectivity index (χ1v) is 19.9. The summed E-state index contributed by atoms with van der Waals surface area (Å²) in [4.78, 5) is 81.3. The molecule has 2 rings (SSSR count). The number of nitrogens with two attached hydrogens (primary N) is 1. The van der Waals surface area contributed by atoms with Gasteiger partial charge in [0.25, 0.3) is 0 Å². The Labute approximate surface area is 313 Å². The molecule has 1 saturated carbocycles. The number of rotatable bonds is 26. The monoisotopic (exact) mass is 725 g/mol. The van der Waals surface area contributed by atoms with E-state index in [4.69, 9.17) is 5.73 Å². The van der Waals surface area contributed by atoms with Crippen LogP contribution in [0.2, 0.25) is 0 Å². The number of primary amides is 1. The zero-order chi connectivity index (χ0) is 38.6. The lowest BCUT2D eigenvalue weighted by molar-refractivity contribution is -0.135. The Kier molecular flexibility index (Phi) is 20.7. The molecule has 52 heavy (non-hydrogen) atoms. The predicted octanol–water partition coefficient (Wildman–Crippen LogP) is 6.12. The van der Waals surface area contributed by atoms with Crippen molar-refractivity contribution in [2.75, 3.05) is 13.1 Å². The average molecular weight is 725 g/mol. The molecule has 0 bridgehead atoms. The number of benzene rings is 1. The lowest BCUT2D eigenvalue weighted by atomic mass is 9.80. The Morgan fingerprint density at radius 1 is 0.788 bits per heavy atom. The Bertz CT molecular complexity index is 1280. The third-order valence-corrected chi connectivity index (χ3v) is 10.5. The number of Topliss-reactive ketones (excluding diaryl/α,β-unsaturated/α-hetero) is 3. The van der Waals surface area contributed by atoms with Crippen LogP contribution in [0, 0.1) is 23.7 Å². The molecule has 0 radical (unpaired) electrons. The molecule has 0 spiro atoms. The minimum atomic E-state index is -0.858. The van der Waals surface area contributed by atoms with Gasteiger partial charge < -0.3 is 21.3 Å². The van der Waals surface area contributed by atoms with Crippen LogP contribution in [-0.2, 0) is 35.2 Å². The molecule has 0 heterocycles. The molecule has 1 aliphatic rings. The molecule has 1 aromatic rings. The van der Waals surface area contributed by atoms with Gasteiger partial charge in [-0.05, 0) is 83.4 Å². The SMILES string of the molecule is CCN(CCCC[C@H](NC(=O)C(CC(=O)[C@H](C)NC(=O)C(CC(=O)CC(C)C)Cc1ccccc1)CC1CCCCC1)C(=O)CCC(N)=O)C(C)C. The fourth-order valence-corrected chi connectivity index (χ4v) is 7.38. The Balaban J connectivity index is 2.19. The minimum absolute atomic E-state index is 0.0109. The van der Waals surface area contributed by atoms with E-state index in [9.17, 15) is 28.8 Å². The molecular formula is C42H68N4O6. The highest BCUT2D eigenvalue weighted by molar-refractivity contribution is 5.95. The number of ketones is 3. The number of carbonyl (C=O) groups excluding carboxylic acids is 6. The van der Waals surface area contributed by atoms with Crippen LogP contribution < -0.4 is 16.4 Å². The number of unbranched alkanes of at least 4 members (excludes halogenated alkanes) is 1. The van der Waals surface area contributed by atoms with Crippen molar-refractivity contribution in [3.8, 4) is 0 Å². The van der Waals surface area contributed by atoms with Gasteiger partial charge in [-0.25, -0.2) is 0 Å². The lowest BCUT2D eigenvalue weighted by Gasteiger charge is -2.28. The smallest absolute Gasteiger partial charge is 0.224 e. The van der Waals surface area contributed by atoms with Gasteiger partial charge in [0, 0.05) is 50.0 Å². The summed E-state index contributed by atoms with van der Waals surface area (Å²) >= 11 is 0. The van der Waals surface area contributed by atoms with E-state index in [0.717, 1.165) is 63.6 Å². The first-order chi connectivity index (χ1) is 24.7. The van der Waals surface area contributed by atoms with Crippen LogP contribution in [0.25, 0.3) is 0 Å². The minimum Gasteiger partial charge on any atom is -0.370 e. The maximum atomic E-state index is 14.0. The van der Waals surface area contributed by atoms with E-state index >= 15 is 0 Å². The van der Waals surface area contributed by atoms with Gasteiger partial charge in [0.05, 0.1) is 12.1 Å². The van der Waals surface area contributed by atoms with Gasteiger partial charge in [-0.15, -0.1) is 0 Å². The second kappa shape index (κ2) is 24.0. The molecule has 2 unspecified atom stereocenters. The summed E-state index contributed by atoms with van der Waals surface area (Å²) in [6.07, 6.45) is 8.48. The van der Waals surface area contributed by atoms with E-state index in [0.29, 0.717) is 37.6 Å². The zero-order valence-electron chi connectivity index (χ0n) is 32.9. The van der Waals surface area contributed by atoms with E-state index in [1.54, 1.807) is 6.92 Å². The van der Waals surface area contributed by atoms with Gasteiger partial charge in [-0.1, -0.05) is 83.2 Å². The first-order valence-electron chi connectivity index (χ1n) is 19.9. The molecule has 3 amide bonds. The molecule has 4 atom stereocenters. The van der Waals surface area contributed by atoms with Crippen molar-refractivity contribution in [1.29, 1.82) is 0 Å². The summed E-state index contributed by atoms with van der Waals surface area (Å²) in [5.41, 5.74) is 6.28. The van der Waals surface area contributed by atoms with Gasteiger partial charge in [0.2, 0.25) is 17.7 Å². The highest BCUT2D eigenvalue weighted by Gasteiger charge is 2.32. The molecule has 0 aliphatic heterocycles. The van der Waals surface area contributed by atoms with E-state index in [1.807, 2.05) is 44.2 Å². The summed E-state index contributed by atoms with van der Waals surface area (Å²) < 4.78 is 0. The van der Waals surface area contributed by atoms with Gasteiger partial charge >= 0.3 is 0 Å². The highest BCUT2D eigenvalue weighted by atomic mass is 16.2. The Morgan fingerprint density at radius 3 is 2.04 bits per heavy atom. The molecular weight excluding hydrogens is 656 g/mol. The first kappa shape index (κ1) is 44.8. The van der Waals surface area contributed by atoms with Crippen molar-refractivity contribution in [2.45, 2.75) is 156 Å². The number of hydrogen-bond acceptors (Lipinski definition) is 7. The normalized spacial score (nSPS) is 15.9. The van der Waals surface area contributed by atoms with E-state index in [2.05, 4.69) is 36.3 Å². The summed E-state index contributed by atoms with van der Waals surface area (Å²) in [5, 5.41) is 5.87. The van der Waals surface area contributed by atoms with Crippen molar-refractivity contribution in [2.24, 2.45) is 29.4 Å². The maximum absolute atomic E-state index is 14.0. The predicted molar refractivity (Wildman–Crippen MR) is 206 cm³/mol. The fourth-order valence-electron chi connectivity index (χ4n) is 7.38. The average Bonchev–Trinajstić information content (AvgIpc) is 3.09. The van der Waals surface area contributed by atoms with Gasteiger partial charge in [-0.2, -0.15) is 0 Å².